The first kappa shape index (κ1) is 22.6. The molecule has 0 bridgehead atoms. The number of nitrogens with two attached hydrogens (primary N) is 2. The number of halogens is 3. The molecule has 6 N–H and O–H groups in total. The van der Waals surface area contributed by atoms with Gasteiger partial charge < -0.3 is 31.6 Å². The lowest BCUT2D eigenvalue weighted by molar-refractivity contribution is -0.0521. The Morgan fingerprint density at radius 2 is 2.12 bits per heavy atom. The molecule has 176 valence electrons. The molecule has 0 radical (unpaired) electrons. The molecule has 1 aliphatic heterocycles. The number of hydrogen-bond donors (Lipinski definition) is 4. The average Bonchev–Trinajstić information content (AvgIpc) is 3.05. The van der Waals surface area contributed by atoms with E-state index in [0.717, 1.165) is 6.07 Å². The molecule has 0 aliphatic carbocycles. The van der Waals surface area contributed by atoms with Gasteiger partial charge in [-0.15, -0.1) is 5.10 Å². The molecule has 4 rings (SSSR count). The normalized spacial score (nSPS) is 18.5. The third-order valence-corrected chi connectivity index (χ3v) is 5.24. The van der Waals surface area contributed by atoms with Crippen molar-refractivity contribution in [2.24, 2.45) is 18.5 Å². The molecule has 2 atom stereocenters. The Hall–Kier alpha value is -3.58. The summed E-state index contributed by atoms with van der Waals surface area (Å²) in [5.41, 5.74) is 12.1. The van der Waals surface area contributed by atoms with E-state index in [9.17, 15) is 18.0 Å². The summed E-state index contributed by atoms with van der Waals surface area (Å²) in [5.74, 6) is -2.07. The summed E-state index contributed by atoms with van der Waals surface area (Å²) in [6.07, 6.45) is 0.549. The number of nitrogens with zero attached hydrogens (tertiary/aromatic N) is 3. The Balaban J connectivity index is 1.68. The zero-order chi connectivity index (χ0) is 23.7. The van der Waals surface area contributed by atoms with Crippen molar-refractivity contribution < 1.29 is 27.4 Å². The highest BCUT2D eigenvalue weighted by molar-refractivity contribution is 5.99. The number of fused-ring (bicyclic) bond motifs is 1. The molecule has 1 aromatic carbocycles. The van der Waals surface area contributed by atoms with E-state index < -0.39 is 18.3 Å². The summed E-state index contributed by atoms with van der Waals surface area (Å²) < 4.78 is 51.3. The molecule has 2 aromatic heterocycles. The summed E-state index contributed by atoms with van der Waals surface area (Å²) in [7, 11) is 1.58. The van der Waals surface area contributed by atoms with Gasteiger partial charge in [0.25, 0.3) is 5.91 Å². The number of hydrogen-bond acceptors (Lipinski definition) is 8. The minimum Gasteiger partial charge on any atom is -0.415 e. The van der Waals surface area contributed by atoms with Gasteiger partial charge in [0, 0.05) is 31.4 Å². The Labute approximate surface area is 186 Å². The average molecular weight is 465 g/mol. The van der Waals surface area contributed by atoms with Crippen LogP contribution < -0.4 is 26.8 Å². The third kappa shape index (κ3) is 4.78. The van der Waals surface area contributed by atoms with Crippen LogP contribution in [0.1, 0.15) is 16.8 Å². The minimum absolute atomic E-state index is 0.0217. The molecule has 0 saturated carbocycles. The lowest BCUT2D eigenvalue weighted by Gasteiger charge is -2.30. The van der Waals surface area contributed by atoms with Gasteiger partial charge in [-0.1, -0.05) is 0 Å². The topological polar surface area (TPSA) is 142 Å². The second-order valence-electron chi connectivity index (χ2n) is 7.52. The second-order valence-corrected chi connectivity index (χ2v) is 7.52. The lowest BCUT2D eigenvalue weighted by atomic mass is 10.0. The Morgan fingerprint density at radius 3 is 2.82 bits per heavy atom. The predicted octanol–water partition coefficient (Wildman–Crippen LogP) is 2.08. The molecule has 1 fully saturated rings. The second kappa shape index (κ2) is 9.11. The summed E-state index contributed by atoms with van der Waals surface area (Å²) >= 11 is 0. The fraction of sp³-hybridized carbons (Fsp3) is 0.350. The van der Waals surface area contributed by atoms with Crippen molar-refractivity contribution >= 4 is 34.1 Å². The van der Waals surface area contributed by atoms with Gasteiger partial charge in [0.15, 0.2) is 11.6 Å². The SMILES string of the molecule is Cn1nc(OC(F)F)c2cc(Nc3nc(N[C@@H]4CCOC[C@@H]4N)c(F)cc3C(N)=O)ccc21. The summed E-state index contributed by atoms with van der Waals surface area (Å²) in [5, 5.41) is 10.1. The maximum Gasteiger partial charge on any atom is 0.388 e. The molecule has 0 unspecified atom stereocenters. The number of carbonyl (C=O) groups excluding carboxylic acids is 1. The van der Waals surface area contributed by atoms with E-state index in [0.29, 0.717) is 36.2 Å². The first-order valence-corrected chi connectivity index (χ1v) is 10.0. The number of nitrogens with one attached hydrogen (secondary N) is 2. The van der Waals surface area contributed by atoms with Crippen LogP contribution in [0.25, 0.3) is 10.9 Å². The zero-order valence-corrected chi connectivity index (χ0v) is 17.5. The molecule has 1 amide bonds. The van der Waals surface area contributed by atoms with Crippen molar-refractivity contribution in [1.29, 1.82) is 0 Å². The number of anilines is 3. The maximum atomic E-state index is 14.7. The highest BCUT2D eigenvalue weighted by Gasteiger charge is 2.25. The number of alkyl halides is 2. The number of primary amides is 1. The molecular weight excluding hydrogens is 443 g/mol. The summed E-state index contributed by atoms with van der Waals surface area (Å²) in [6, 6.07) is 5.06. The number of carbonyl (C=O) groups is 1. The van der Waals surface area contributed by atoms with Crippen LogP contribution in [0.5, 0.6) is 5.88 Å². The van der Waals surface area contributed by atoms with Gasteiger partial charge in [-0.2, -0.15) is 8.78 Å². The first-order valence-electron chi connectivity index (χ1n) is 10.0. The van der Waals surface area contributed by atoms with Crippen molar-refractivity contribution in [3.8, 4) is 5.88 Å². The van der Waals surface area contributed by atoms with E-state index >= 15 is 0 Å². The predicted molar refractivity (Wildman–Crippen MR) is 114 cm³/mol. The molecule has 10 nitrogen and oxygen atoms in total. The number of ether oxygens (including phenoxy) is 2. The maximum absolute atomic E-state index is 14.7. The molecule has 33 heavy (non-hydrogen) atoms. The largest absolute Gasteiger partial charge is 0.415 e. The Kier molecular flexibility index (Phi) is 6.24. The lowest BCUT2D eigenvalue weighted by Crippen LogP contribution is -2.47. The number of pyridine rings is 1. The summed E-state index contributed by atoms with van der Waals surface area (Å²) in [6.45, 7) is -2.27. The van der Waals surface area contributed by atoms with Crippen molar-refractivity contribution in [2.75, 3.05) is 23.8 Å². The Bertz CT molecular complexity index is 1190. The van der Waals surface area contributed by atoms with Gasteiger partial charge in [0.2, 0.25) is 5.88 Å². The van der Waals surface area contributed by atoms with Crippen LogP contribution in [0, 0.1) is 5.82 Å². The summed E-state index contributed by atoms with van der Waals surface area (Å²) in [4.78, 5) is 16.1. The number of rotatable bonds is 7. The number of aromatic nitrogens is 3. The van der Waals surface area contributed by atoms with Crippen LogP contribution in [0.4, 0.5) is 30.5 Å². The highest BCUT2D eigenvalue weighted by atomic mass is 19.3. The standard InChI is InChI=1S/C20H22F3N7O3/c1-30-15-3-2-9(6-10(15)19(29-30)33-20(22)23)26-17-11(16(25)31)7-12(21)18(28-17)27-14-4-5-32-8-13(14)24/h2-3,6-7,13-14,20H,4-5,8,24H2,1H3,(H2,25,31)(H2,26,27,28)/t13-,14+/m0/s1. The van der Waals surface area contributed by atoms with Crippen LogP contribution in [0.3, 0.4) is 0 Å². The molecular formula is C20H22F3N7O3. The van der Waals surface area contributed by atoms with Gasteiger partial charge in [-0.25, -0.2) is 9.37 Å². The third-order valence-electron chi connectivity index (χ3n) is 5.24. The van der Waals surface area contributed by atoms with Crippen molar-refractivity contribution in [3.63, 3.8) is 0 Å². The van der Waals surface area contributed by atoms with Crippen LogP contribution >= 0.6 is 0 Å². The fourth-order valence-corrected chi connectivity index (χ4v) is 3.61. The van der Waals surface area contributed by atoms with Gasteiger partial charge in [0.1, 0.15) is 5.82 Å². The fourth-order valence-electron chi connectivity index (χ4n) is 3.61. The Morgan fingerprint density at radius 1 is 1.33 bits per heavy atom. The van der Waals surface area contributed by atoms with E-state index in [-0.39, 0.29) is 35.2 Å². The molecule has 3 aromatic rings. The van der Waals surface area contributed by atoms with E-state index in [1.54, 1.807) is 19.2 Å². The van der Waals surface area contributed by atoms with Gasteiger partial charge in [0.05, 0.1) is 23.1 Å². The zero-order valence-electron chi connectivity index (χ0n) is 17.5. The number of aryl methyl sites for hydroxylation is 1. The minimum atomic E-state index is -3.05. The molecule has 0 spiro atoms. The molecule has 1 saturated heterocycles. The van der Waals surface area contributed by atoms with Crippen molar-refractivity contribution in [2.45, 2.75) is 25.1 Å². The molecule has 3 heterocycles. The van der Waals surface area contributed by atoms with Crippen molar-refractivity contribution in [3.05, 3.63) is 35.6 Å². The number of amides is 1. The highest BCUT2D eigenvalue weighted by Crippen LogP contribution is 2.31. The molecule has 1 aliphatic rings. The van der Waals surface area contributed by atoms with Gasteiger partial charge in [-0.05, 0) is 30.7 Å². The van der Waals surface area contributed by atoms with E-state index in [1.165, 1.54) is 10.7 Å². The van der Waals surface area contributed by atoms with Crippen molar-refractivity contribution in [1.82, 2.24) is 14.8 Å². The van der Waals surface area contributed by atoms with Crippen LogP contribution in [-0.4, -0.2) is 52.6 Å². The van der Waals surface area contributed by atoms with Crippen LogP contribution in [-0.2, 0) is 11.8 Å². The van der Waals surface area contributed by atoms with Gasteiger partial charge >= 0.3 is 6.61 Å². The van der Waals surface area contributed by atoms with E-state index in [1.807, 2.05) is 0 Å². The van der Waals surface area contributed by atoms with E-state index in [4.69, 9.17) is 16.2 Å². The smallest absolute Gasteiger partial charge is 0.388 e. The van der Waals surface area contributed by atoms with Crippen LogP contribution in [0.15, 0.2) is 24.3 Å². The first-order chi connectivity index (χ1) is 15.7. The number of benzene rings is 1. The monoisotopic (exact) mass is 465 g/mol. The van der Waals surface area contributed by atoms with Crippen LogP contribution in [0.2, 0.25) is 0 Å². The van der Waals surface area contributed by atoms with Gasteiger partial charge in [-0.3, -0.25) is 9.48 Å². The van der Waals surface area contributed by atoms with E-state index in [2.05, 4.69) is 25.5 Å². The molecule has 13 heteroatoms. The quantitative estimate of drug-likeness (QED) is 0.416.